The summed E-state index contributed by atoms with van der Waals surface area (Å²) in [4.78, 5) is 0. The lowest BCUT2D eigenvalue weighted by molar-refractivity contribution is 0.0340. The van der Waals surface area contributed by atoms with E-state index in [1.807, 2.05) is 42.5 Å². The molecule has 0 amide bonds. The summed E-state index contributed by atoms with van der Waals surface area (Å²) < 4.78 is 11.6. The monoisotopic (exact) mass is 390 g/mol. The topological polar surface area (TPSA) is 92.3 Å². The minimum Gasteiger partial charge on any atom is -0.494 e. The molecule has 4 rings (SSSR count). The highest BCUT2D eigenvalue weighted by Gasteiger charge is 2.49. The van der Waals surface area contributed by atoms with Gasteiger partial charge in [0.05, 0.1) is 18.2 Å². The lowest BCUT2D eigenvalue weighted by Crippen LogP contribution is -2.40. The van der Waals surface area contributed by atoms with Crippen LogP contribution in [0.25, 0.3) is 0 Å². The van der Waals surface area contributed by atoms with E-state index in [1.54, 1.807) is 0 Å². The van der Waals surface area contributed by atoms with Crippen LogP contribution in [-0.4, -0.2) is 12.8 Å². The van der Waals surface area contributed by atoms with Crippen LogP contribution in [0.15, 0.2) is 66.1 Å². The zero-order valence-corrected chi connectivity index (χ0v) is 16.5. The molecular weight excluding hydrogens is 364 g/mol. The normalized spacial score (nSPS) is 25.8. The predicted molar refractivity (Wildman–Crippen MR) is 110 cm³/mol. The van der Waals surface area contributed by atoms with Crippen molar-refractivity contribution in [3.05, 3.63) is 77.2 Å². The minimum absolute atomic E-state index is 0.0110. The molecule has 6 heteroatoms. The molecule has 0 saturated carbocycles. The van der Waals surface area contributed by atoms with Crippen molar-refractivity contribution >= 4 is 0 Å². The van der Waals surface area contributed by atoms with Gasteiger partial charge in [-0.15, -0.1) is 0 Å². The van der Waals surface area contributed by atoms with Gasteiger partial charge in [-0.3, -0.25) is 0 Å². The summed E-state index contributed by atoms with van der Waals surface area (Å²) >= 11 is 0. The number of hydrazine groups is 1. The van der Waals surface area contributed by atoms with E-state index >= 15 is 0 Å². The third kappa shape index (κ3) is 3.80. The molecule has 4 atom stereocenters. The van der Waals surface area contributed by atoms with E-state index < -0.39 is 0 Å². The third-order valence-corrected chi connectivity index (χ3v) is 5.62. The first-order valence-electron chi connectivity index (χ1n) is 10.1. The van der Waals surface area contributed by atoms with Gasteiger partial charge in [-0.1, -0.05) is 55.8 Å². The largest absolute Gasteiger partial charge is 0.494 e. The highest BCUT2D eigenvalue weighted by atomic mass is 16.5. The maximum Gasteiger partial charge on any atom is 0.200 e. The van der Waals surface area contributed by atoms with Crippen LogP contribution in [-0.2, 0) is 4.74 Å². The maximum atomic E-state index is 9.83. The summed E-state index contributed by atoms with van der Waals surface area (Å²) in [6.45, 7) is 2.85. The van der Waals surface area contributed by atoms with Crippen LogP contribution in [0.2, 0.25) is 0 Å². The SMILES string of the molecule is CCCCOc1ccc(C2C(C#N)=C(N)OC3NNC(c4ccccc4)C32)cc1. The highest BCUT2D eigenvalue weighted by molar-refractivity contribution is 5.44. The molecule has 0 bridgehead atoms. The standard InChI is InChI=1S/C23H26N4O2/c1-2-3-13-28-17-11-9-15(10-12-17)19-18(14-24)22(25)29-23-20(19)21(26-27-23)16-7-5-4-6-8-16/h4-12,19-21,23,26-27H,2-3,13,25H2,1H3. The van der Waals surface area contributed by atoms with E-state index in [2.05, 4.69) is 36.0 Å². The molecule has 150 valence electrons. The zero-order chi connectivity index (χ0) is 20.2. The Morgan fingerprint density at radius 3 is 2.52 bits per heavy atom. The molecule has 2 aromatic rings. The molecule has 1 fully saturated rings. The van der Waals surface area contributed by atoms with Gasteiger partial charge in [0.15, 0.2) is 6.23 Å². The summed E-state index contributed by atoms with van der Waals surface area (Å²) in [7, 11) is 0. The fourth-order valence-corrected chi connectivity index (χ4v) is 4.15. The van der Waals surface area contributed by atoms with E-state index in [0.717, 1.165) is 29.7 Å². The molecular formula is C23H26N4O2. The lowest BCUT2D eigenvalue weighted by Gasteiger charge is -2.36. The molecule has 6 nitrogen and oxygen atoms in total. The number of rotatable bonds is 6. The van der Waals surface area contributed by atoms with Crippen molar-refractivity contribution in [2.24, 2.45) is 11.7 Å². The van der Waals surface area contributed by atoms with Crippen LogP contribution < -0.4 is 21.3 Å². The van der Waals surface area contributed by atoms with E-state index in [-0.39, 0.29) is 30.0 Å². The Balaban J connectivity index is 1.67. The van der Waals surface area contributed by atoms with Crippen LogP contribution in [0, 0.1) is 17.2 Å². The first-order valence-corrected chi connectivity index (χ1v) is 10.1. The van der Waals surface area contributed by atoms with E-state index in [0.29, 0.717) is 12.2 Å². The van der Waals surface area contributed by atoms with Gasteiger partial charge < -0.3 is 15.2 Å². The first kappa shape index (κ1) is 19.3. The van der Waals surface area contributed by atoms with Gasteiger partial charge in [-0.25, -0.2) is 10.9 Å². The van der Waals surface area contributed by atoms with Gasteiger partial charge in [0, 0.05) is 11.8 Å². The second-order valence-corrected chi connectivity index (χ2v) is 7.43. The molecule has 2 aliphatic rings. The van der Waals surface area contributed by atoms with Gasteiger partial charge in [0.25, 0.3) is 0 Å². The van der Waals surface area contributed by atoms with Gasteiger partial charge in [0.1, 0.15) is 11.8 Å². The Morgan fingerprint density at radius 2 is 1.83 bits per heavy atom. The number of nitrogens with zero attached hydrogens (tertiary/aromatic N) is 1. The van der Waals surface area contributed by atoms with Gasteiger partial charge in [-0.05, 0) is 29.7 Å². The van der Waals surface area contributed by atoms with Crippen LogP contribution >= 0.6 is 0 Å². The number of hydrogen-bond acceptors (Lipinski definition) is 6. The average molecular weight is 390 g/mol. The first-order chi connectivity index (χ1) is 14.2. The molecule has 0 radical (unpaired) electrons. The molecule has 0 aliphatic carbocycles. The number of nitriles is 1. The second kappa shape index (κ2) is 8.56. The Labute approximate surface area is 171 Å². The molecule has 4 unspecified atom stereocenters. The van der Waals surface area contributed by atoms with Crippen molar-refractivity contribution in [2.75, 3.05) is 6.61 Å². The van der Waals surface area contributed by atoms with Gasteiger partial charge in [-0.2, -0.15) is 5.26 Å². The fraction of sp³-hybridized carbons (Fsp3) is 0.348. The summed E-state index contributed by atoms with van der Waals surface area (Å²) in [5.74, 6) is 0.816. The predicted octanol–water partition coefficient (Wildman–Crippen LogP) is 3.46. The van der Waals surface area contributed by atoms with Crippen LogP contribution in [0.5, 0.6) is 5.75 Å². The molecule has 2 aromatic carbocycles. The number of fused-ring (bicyclic) bond motifs is 1. The second-order valence-electron chi connectivity index (χ2n) is 7.43. The average Bonchev–Trinajstić information content (AvgIpc) is 3.17. The molecule has 1 saturated heterocycles. The molecule has 29 heavy (non-hydrogen) atoms. The minimum atomic E-state index is -0.317. The Kier molecular flexibility index (Phi) is 5.70. The van der Waals surface area contributed by atoms with E-state index in [9.17, 15) is 5.26 Å². The molecule has 2 heterocycles. The Hall–Kier alpha value is -3.01. The number of ether oxygens (including phenoxy) is 2. The summed E-state index contributed by atoms with van der Waals surface area (Å²) in [6.07, 6.45) is 1.81. The number of hydrogen-bond donors (Lipinski definition) is 3. The van der Waals surface area contributed by atoms with Crippen molar-refractivity contribution in [1.29, 1.82) is 5.26 Å². The van der Waals surface area contributed by atoms with Crippen molar-refractivity contribution in [2.45, 2.75) is 38.0 Å². The molecule has 0 spiro atoms. The molecule has 0 aromatic heterocycles. The van der Waals surface area contributed by atoms with Crippen molar-refractivity contribution in [1.82, 2.24) is 10.9 Å². The molecule has 4 N–H and O–H groups in total. The van der Waals surface area contributed by atoms with Crippen molar-refractivity contribution in [3.63, 3.8) is 0 Å². The third-order valence-electron chi connectivity index (χ3n) is 5.62. The van der Waals surface area contributed by atoms with E-state index in [4.69, 9.17) is 15.2 Å². The number of nitrogens with two attached hydrogens (primary N) is 1. The van der Waals surface area contributed by atoms with Crippen molar-refractivity contribution in [3.8, 4) is 11.8 Å². The van der Waals surface area contributed by atoms with Crippen LogP contribution in [0.4, 0.5) is 0 Å². The fourth-order valence-electron chi connectivity index (χ4n) is 4.15. The highest BCUT2D eigenvalue weighted by Crippen LogP contribution is 2.47. The van der Waals surface area contributed by atoms with Crippen LogP contribution in [0.3, 0.4) is 0 Å². The smallest absolute Gasteiger partial charge is 0.200 e. The molecule has 2 aliphatic heterocycles. The van der Waals surface area contributed by atoms with Gasteiger partial charge in [0.2, 0.25) is 5.88 Å². The summed E-state index contributed by atoms with van der Waals surface area (Å²) in [5.41, 5.74) is 15.3. The maximum absolute atomic E-state index is 9.83. The van der Waals surface area contributed by atoms with Gasteiger partial charge >= 0.3 is 0 Å². The zero-order valence-electron chi connectivity index (χ0n) is 16.5. The number of benzene rings is 2. The Morgan fingerprint density at radius 1 is 1.07 bits per heavy atom. The number of unbranched alkanes of at least 4 members (excludes halogenated alkanes) is 1. The number of nitrogens with one attached hydrogen (secondary N) is 2. The Bertz CT molecular complexity index is 905. The summed E-state index contributed by atoms with van der Waals surface area (Å²) in [6, 6.07) is 20.4. The quantitative estimate of drug-likeness (QED) is 0.654. The number of allylic oxidation sites excluding steroid dienone is 1. The summed E-state index contributed by atoms with van der Waals surface area (Å²) in [5, 5.41) is 9.83. The lowest BCUT2D eigenvalue weighted by atomic mass is 9.74. The van der Waals surface area contributed by atoms with Crippen LogP contribution in [0.1, 0.15) is 42.9 Å². The van der Waals surface area contributed by atoms with E-state index in [1.165, 1.54) is 0 Å². The van der Waals surface area contributed by atoms with Crippen molar-refractivity contribution < 1.29 is 9.47 Å².